The summed E-state index contributed by atoms with van der Waals surface area (Å²) in [5.74, 6) is -1.09. The number of carbonyl (C=O) groups excluding carboxylic acids is 1. The fourth-order valence-corrected chi connectivity index (χ4v) is 5.17. The monoisotopic (exact) mass is 589 g/mol. The molecule has 1 saturated heterocycles. The maximum Gasteiger partial charge on any atom is 0.435 e. The molecule has 2 aliphatic heterocycles. The molecule has 2 aliphatic rings. The Hall–Kier alpha value is -4.50. The average Bonchev–Trinajstić information content (AvgIpc) is 3.53. The second kappa shape index (κ2) is 10.5. The molecule has 0 unspecified atom stereocenters. The Bertz CT molecular complexity index is 1690. The highest BCUT2D eigenvalue weighted by atomic mass is 32.2. The number of alkyl halides is 3. The van der Waals surface area contributed by atoms with Crippen LogP contribution in [0.25, 0.3) is 17.4 Å². The molecule has 3 aromatic rings. The molecule has 11 nitrogen and oxygen atoms in total. The molecule has 1 amide bonds. The lowest BCUT2D eigenvalue weighted by Gasteiger charge is -2.28. The number of carbonyl (C=O) groups is 1. The van der Waals surface area contributed by atoms with E-state index in [4.69, 9.17) is 9.56 Å². The SMILES string of the molecule is NS(=O)(=O)c1ccc(N2N=C(C(F)(F)F)C(=Cc3ccc(-c4ccc(N5CCCCC5)c([N+](=O)[O-])c4)o3)C2=O)cc1. The van der Waals surface area contributed by atoms with Gasteiger partial charge < -0.3 is 9.32 Å². The van der Waals surface area contributed by atoms with Crippen LogP contribution >= 0.6 is 0 Å². The van der Waals surface area contributed by atoms with Crippen molar-refractivity contribution in [2.24, 2.45) is 10.2 Å². The third-order valence-corrected chi connectivity index (χ3v) is 7.55. The van der Waals surface area contributed by atoms with Crippen LogP contribution in [0.4, 0.5) is 30.2 Å². The number of anilines is 2. The normalized spacial score (nSPS) is 17.3. The van der Waals surface area contributed by atoms with Gasteiger partial charge in [0.2, 0.25) is 10.0 Å². The van der Waals surface area contributed by atoms with Crippen LogP contribution in [0.5, 0.6) is 0 Å². The molecule has 214 valence electrons. The molecule has 41 heavy (non-hydrogen) atoms. The molecule has 3 heterocycles. The summed E-state index contributed by atoms with van der Waals surface area (Å²) in [7, 11) is -4.06. The van der Waals surface area contributed by atoms with E-state index in [0.717, 1.165) is 49.6 Å². The van der Waals surface area contributed by atoms with Gasteiger partial charge in [-0.2, -0.15) is 23.3 Å². The minimum Gasteiger partial charge on any atom is -0.457 e. The number of hydrogen-bond acceptors (Lipinski definition) is 8. The van der Waals surface area contributed by atoms with Crippen molar-refractivity contribution in [1.82, 2.24) is 0 Å². The zero-order chi connectivity index (χ0) is 29.5. The number of nitro benzene ring substituents is 1. The van der Waals surface area contributed by atoms with Crippen molar-refractivity contribution in [3.05, 3.63) is 76.0 Å². The summed E-state index contributed by atoms with van der Waals surface area (Å²) in [6, 6.07) is 11.6. The zero-order valence-electron chi connectivity index (χ0n) is 21.2. The summed E-state index contributed by atoms with van der Waals surface area (Å²) in [5, 5.41) is 20.8. The molecule has 0 saturated carbocycles. The fourth-order valence-electron chi connectivity index (χ4n) is 4.66. The first-order chi connectivity index (χ1) is 19.3. The molecule has 15 heteroatoms. The van der Waals surface area contributed by atoms with E-state index in [2.05, 4.69) is 5.10 Å². The second-order valence-corrected chi connectivity index (χ2v) is 10.9. The summed E-state index contributed by atoms with van der Waals surface area (Å²) in [6.07, 6.45) is -1.21. The number of amides is 1. The summed E-state index contributed by atoms with van der Waals surface area (Å²) >= 11 is 0. The predicted molar refractivity (Wildman–Crippen MR) is 144 cm³/mol. The van der Waals surface area contributed by atoms with Crippen LogP contribution in [0.2, 0.25) is 0 Å². The van der Waals surface area contributed by atoms with Gasteiger partial charge in [0.05, 0.1) is 21.1 Å². The van der Waals surface area contributed by atoms with Crippen molar-refractivity contribution < 1.29 is 35.7 Å². The molecule has 2 aromatic carbocycles. The predicted octanol–water partition coefficient (Wildman–Crippen LogP) is 4.84. The number of benzene rings is 2. The van der Waals surface area contributed by atoms with Crippen LogP contribution in [0.15, 0.2) is 74.6 Å². The minimum absolute atomic E-state index is 0.116. The van der Waals surface area contributed by atoms with E-state index in [9.17, 15) is 36.5 Å². The standard InChI is InChI=1S/C26H22F3N5O6S/c27-26(28,29)24-20(25(35)33(31-24)17-5-8-19(9-6-17)41(30,38)39)15-18-7-11-23(40-18)16-4-10-21(22(14-16)34(36)37)32-12-2-1-3-13-32/h4-11,14-15H,1-3,12-13H2,(H2,30,38,39). The fraction of sp³-hybridized carbons (Fsp3) is 0.231. The molecule has 2 N–H and O–H groups in total. The van der Waals surface area contributed by atoms with Gasteiger partial charge in [-0.1, -0.05) is 0 Å². The Morgan fingerprint density at radius 2 is 1.71 bits per heavy atom. The largest absolute Gasteiger partial charge is 0.457 e. The third kappa shape index (κ3) is 5.71. The van der Waals surface area contributed by atoms with E-state index in [0.29, 0.717) is 29.3 Å². The number of furan rings is 1. The van der Waals surface area contributed by atoms with Gasteiger partial charge in [0.25, 0.3) is 11.6 Å². The Morgan fingerprint density at radius 3 is 2.32 bits per heavy atom. The Balaban J connectivity index is 1.46. The number of nitro groups is 1. The maximum absolute atomic E-state index is 13.8. The molecule has 0 spiro atoms. The lowest BCUT2D eigenvalue weighted by Crippen LogP contribution is -2.29. The number of rotatable bonds is 6. The molecule has 0 bridgehead atoms. The highest BCUT2D eigenvalue weighted by molar-refractivity contribution is 7.89. The zero-order valence-corrected chi connectivity index (χ0v) is 22.0. The first-order valence-corrected chi connectivity index (χ1v) is 13.9. The van der Waals surface area contributed by atoms with Crippen LogP contribution in [0.3, 0.4) is 0 Å². The number of hydrazone groups is 1. The highest BCUT2D eigenvalue weighted by Crippen LogP contribution is 2.37. The molecule has 1 aromatic heterocycles. The van der Waals surface area contributed by atoms with Gasteiger partial charge in [-0.05, 0) is 73.9 Å². The van der Waals surface area contributed by atoms with Gasteiger partial charge in [-0.15, -0.1) is 0 Å². The van der Waals surface area contributed by atoms with Gasteiger partial charge in [0.15, 0.2) is 5.71 Å². The average molecular weight is 590 g/mol. The summed E-state index contributed by atoms with van der Waals surface area (Å²) < 4.78 is 70.1. The van der Waals surface area contributed by atoms with Crippen molar-refractivity contribution >= 4 is 44.8 Å². The van der Waals surface area contributed by atoms with Crippen molar-refractivity contribution in [3.8, 4) is 11.3 Å². The number of hydrogen-bond donors (Lipinski definition) is 1. The summed E-state index contributed by atoms with van der Waals surface area (Å²) in [5.41, 5.74) is -1.71. The minimum atomic E-state index is -5.00. The van der Waals surface area contributed by atoms with Crippen molar-refractivity contribution in [3.63, 3.8) is 0 Å². The quantitative estimate of drug-likeness (QED) is 0.245. The Labute approximate surface area is 231 Å². The van der Waals surface area contributed by atoms with Crippen LogP contribution in [0, 0.1) is 10.1 Å². The van der Waals surface area contributed by atoms with E-state index in [1.54, 1.807) is 12.1 Å². The van der Waals surface area contributed by atoms with Gasteiger partial charge in [-0.3, -0.25) is 14.9 Å². The van der Waals surface area contributed by atoms with E-state index >= 15 is 0 Å². The summed E-state index contributed by atoms with van der Waals surface area (Å²) in [6.45, 7) is 1.39. The first kappa shape index (κ1) is 28.0. The van der Waals surface area contributed by atoms with Crippen LogP contribution in [0.1, 0.15) is 25.0 Å². The van der Waals surface area contributed by atoms with Crippen molar-refractivity contribution in [2.45, 2.75) is 30.3 Å². The first-order valence-electron chi connectivity index (χ1n) is 12.3. The van der Waals surface area contributed by atoms with Crippen molar-refractivity contribution in [2.75, 3.05) is 23.0 Å². The van der Waals surface area contributed by atoms with Crippen LogP contribution < -0.4 is 15.0 Å². The molecule has 0 aliphatic carbocycles. The number of nitrogens with zero attached hydrogens (tertiary/aromatic N) is 4. The topological polar surface area (TPSA) is 152 Å². The molecular formula is C26H22F3N5O6S. The Morgan fingerprint density at radius 1 is 1.02 bits per heavy atom. The molecule has 0 atom stereocenters. The number of sulfonamides is 1. The number of halogens is 3. The number of piperidine rings is 1. The molecular weight excluding hydrogens is 567 g/mol. The van der Waals surface area contributed by atoms with Crippen LogP contribution in [-0.4, -0.2) is 44.2 Å². The molecule has 0 radical (unpaired) electrons. The van der Waals surface area contributed by atoms with Crippen molar-refractivity contribution in [1.29, 1.82) is 0 Å². The van der Waals surface area contributed by atoms with E-state index in [1.165, 1.54) is 18.2 Å². The number of primary sulfonamides is 1. The van der Waals surface area contributed by atoms with E-state index < -0.39 is 38.3 Å². The summed E-state index contributed by atoms with van der Waals surface area (Å²) in [4.78, 5) is 26.0. The Kier molecular flexibility index (Phi) is 7.17. The number of nitrogens with two attached hydrogens (primary N) is 1. The van der Waals surface area contributed by atoms with Gasteiger partial charge in [-0.25, -0.2) is 13.6 Å². The second-order valence-electron chi connectivity index (χ2n) is 9.37. The maximum atomic E-state index is 13.8. The van der Waals surface area contributed by atoms with E-state index in [-0.39, 0.29) is 27.8 Å². The highest BCUT2D eigenvalue weighted by Gasteiger charge is 2.47. The molecule has 1 fully saturated rings. The van der Waals surface area contributed by atoms with Gasteiger partial charge in [0.1, 0.15) is 17.2 Å². The van der Waals surface area contributed by atoms with Gasteiger partial charge in [0, 0.05) is 24.7 Å². The van der Waals surface area contributed by atoms with Gasteiger partial charge >= 0.3 is 6.18 Å². The lowest BCUT2D eigenvalue weighted by atomic mass is 10.1. The van der Waals surface area contributed by atoms with Crippen LogP contribution in [-0.2, 0) is 14.8 Å². The lowest BCUT2D eigenvalue weighted by molar-refractivity contribution is -0.384. The molecule has 5 rings (SSSR count). The third-order valence-electron chi connectivity index (χ3n) is 6.62. The smallest absolute Gasteiger partial charge is 0.435 e. The van der Waals surface area contributed by atoms with E-state index in [1.807, 2.05) is 4.90 Å².